The Kier molecular flexibility index (Phi) is 3.53. The van der Waals surface area contributed by atoms with E-state index in [4.69, 9.17) is 4.74 Å². The van der Waals surface area contributed by atoms with Crippen molar-refractivity contribution in [2.75, 3.05) is 0 Å². The fraction of sp³-hybridized carbons (Fsp3) is 0.647. The molecule has 0 radical (unpaired) electrons. The van der Waals surface area contributed by atoms with Gasteiger partial charge < -0.3 is 9.84 Å². The average Bonchev–Trinajstić information content (AvgIpc) is 2.50. The quantitative estimate of drug-likeness (QED) is 0.875. The van der Waals surface area contributed by atoms with Gasteiger partial charge in [-0.1, -0.05) is 18.2 Å². The van der Waals surface area contributed by atoms with E-state index >= 15 is 0 Å². The Hall–Kier alpha value is -0.860. The van der Waals surface area contributed by atoms with Gasteiger partial charge in [0.25, 0.3) is 0 Å². The summed E-state index contributed by atoms with van der Waals surface area (Å²) in [7, 11) is 0. The van der Waals surface area contributed by atoms with Crippen LogP contribution >= 0.6 is 0 Å². The fourth-order valence-corrected chi connectivity index (χ4v) is 3.41. The Bertz CT molecular complexity index is 474. The van der Waals surface area contributed by atoms with Gasteiger partial charge in [-0.2, -0.15) is 0 Å². The number of ether oxygens (including phenoxy) is 1. The van der Waals surface area contributed by atoms with Crippen molar-refractivity contribution in [3.05, 3.63) is 34.9 Å². The Morgan fingerprint density at radius 2 is 1.84 bits per heavy atom. The largest absolute Gasteiger partial charge is 0.388 e. The molecule has 1 heterocycles. The third-order valence-electron chi connectivity index (χ3n) is 4.49. The maximum atomic E-state index is 10.8. The molecular formula is C17H26O2. The van der Waals surface area contributed by atoms with Gasteiger partial charge in [-0.05, 0) is 64.7 Å². The molecule has 1 saturated heterocycles. The normalized spacial score (nSPS) is 26.4. The summed E-state index contributed by atoms with van der Waals surface area (Å²) in [5.74, 6) is 0.128. The van der Waals surface area contributed by atoms with Crippen LogP contribution in [0.5, 0.6) is 0 Å². The summed E-state index contributed by atoms with van der Waals surface area (Å²) >= 11 is 0. The summed E-state index contributed by atoms with van der Waals surface area (Å²) in [6.45, 7) is 12.5. The number of hydrogen-bond donors (Lipinski definition) is 1. The maximum Gasteiger partial charge on any atom is 0.0849 e. The second kappa shape index (κ2) is 4.60. The van der Waals surface area contributed by atoms with Crippen LogP contribution in [0.3, 0.4) is 0 Å². The van der Waals surface area contributed by atoms with Crippen molar-refractivity contribution in [3.63, 3.8) is 0 Å². The second-order valence-electron chi connectivity index (χ2n) is 7.01. The molecule has 0 amide bonds. The lowest BCUT2D eigenvalue weighted by atomic mass is 9.79. The van der Waals surface area contributed by atoms with E-state index in [1.165, 1.54) is 11.1 Å². The number of hydrogen-bond acceptors (Lipinski definition) is 2. The second-order valence-corrected chi connectivity index (χ2v) is 7.01. The summed E-state index contributed by atoms with van der Waals surface area (Å²) in [6.07, 6.45) is 0.422. The monoisotopic (exact) mass is 262 g/mol. The Morgan fingerprint density at radius 1 is 1.21 bits per heavy atom. The van der Waals surface area contributed by atoms with Crippen molar-refractivity contribution in [3.8, 4) is 0 Å². The zero-order valence-electron chi connectivity index (χ0n) is 12.9. The molecule has 2 heteroatoms. The molecule has 2 nitrogen and oxygen atoms in total. The molecule has 0 aromatic heterocycles. The van der Waals surface area contributed by atoms with Crippen LogP contribution in [-0.4, -0.2) is 16.3 Å². The lowest BCUT2D eigenvalue weighted by Crippen LogP contribution is -2.32. The van der Waals surface area contributed by atoms with Crippen molar-refractivity contribution in [1.82, 2.24) is 0 Å². The first kappa shape index (κ1) is 14.5. The van der Waals surface area contributed by atoms with Gasteiger partial charge in [-0.3, -0.25) is 0 Å². The first-order chi connectivity index (χ1) is 8.64. The van der Waals surface area contributed by atoms with Gasteiger partial charge in [0.05, 0.1) is 17.3 Å². The molecule has 1 aliphatic heterocycles. The van der Waals surface area contributed by atoms with E-state index in [2.05, 4.69) is 47.6 Å². The lowest BCUT2D eigenvalue weighted by molar-refractivity contribution is -0.0880. The molecule has 1 aliphatic rings. The minimum atomic E-state index is -0.461. The molecule has 1 aromatic rings. The molecular weight excluding hydrogens is 236 g/mol. The van der Waals surface area contributed by atoms with Gasteiger partial charge in [0.15, 0.2) is 0 Å². The van der Waals surface area contributed by atoms with Crippen molar-refractivity contribution in [2.24, 2.45) is 5.92 Å². The minimum Gasteiger partial charge on any atom is -0.388 e. The molecule has 0 saturated carbocycles. The third kappa shape index (κ3) is 2.70. The predicted octanol–water partition coefficient (Wildman–Crippen LogP) is 3.93. The van der Waals surface area contributed by atoms with Gasteiger partial charge in [0, 0.05) is 5.92 Å². The fourth-order valence-electron chi connectivity index (χ4n) is 3.41. The van der Waals surface area contributed by atoms with E-state index in [1.54, 1.807) is 0 Å². The highest BCUT2D eigenvalue weighted by atomic mass is 16.5. The summed E-state index contributed by atoms with van der Waals surface area (Å²) in [4.78, 5) is 0. The van der Waals surface area contributed by atoms with Crippen LogP contribution in [0.15, 0.2) is 18.2 Å². The van der Waals surface area contributed by atoms with E-state index in [1.807, 2.05) is 12.1 Å². The maximum absolute atomic E-state index is 10.8. The average molecular weight is 262 g/mol. The summed E-state index contributed by atoms with van der Waals surface area (Å²) in [5, 5.41) is 10.8. The molecule has 106 valence electrons. The molecule has 1 aromatic carbocycles. The Morgan fingerprint density at radius 3 is 2.37 bits per heavy atom. The van der Waals surface area contributed by atoms with Crippen molar-refractivity contribution < 1.29 is 9.84 Å². The smallest absolute Gasteiger partial charge is 0.0849 e. The van der Waals surface area contributed by atoms with Crippen LogP contribution in [0.1, 0.15) is 56.9 Å². The zero-order chi connectivity index (χ0) is 14.4. The van der Waals surface area contributed by atoms with Gasteiger partial charge in [-0.25, -0.2) is 0 Å². The molecule has 0 spiro atoms. The van der Waals surface area contributed by atoms with Crippen molar-refractivity contribution in [2.45, 2.75) is 65.3 Å². The SMILES string of the molecule is Cc1cccc(C(O)C2CC(C)(C)OC2(C)C)c1C. The first-order valence-electron chi connectivity index (χ1n) is 7.08. The van der Waals surface area contributed by atoms with Gasteiger partial charge in [0.2, 0.25) is 0 Å². The molecule has 1 fully saturated rings. The molecule has 0 bridgehead atoms. The highest BCUT2D eigenvalue weighted by molar-refractivity contribution is 5.35. The van der Waals surface area contributed by atoms with Crippen LogP contribution in [0.25, 0.3) is 0 Å². The van der Waals surface area contributed by atoms with Gasteiger partial charge in [0.1, 0.15) is 0 Å². The van der Waals surface area contributed by atoms with E-state index in [-0.39, 0.29) is 17.1 Å². The van der Waals surface area contributed by atoms with Crippen LogP contribution in [0, 0.1) is 19.8 Å². The minimum absolute atomic E-state index is 0.128. The number of aliphatic hydroxyl groups is 1. The van der Waals surface area contributed by atoms with Crippen LogP contribution in [-0.2, 0) is 4.74 Å². The van der Waals surface area contributed by atoms with E-state index in [9.17, 15) is 5.11 Å². The topological polar surface area (TPSA) is 29.5 Å². The summed E-state index contributed by atoms with van der Waals surface area (Å²) in [5.41, 5.74) is 3.01. The first-order valence-corrected chi connectivity index (χ1v) is 7.08. The van der Waals surface area contributed by atoms with Crippen LogP contribution in [0.4, 0.5) is 0 Å². The van der Waals surface area contributed by atoms with Crippen LogP contribution in [0.2, 0.25) is 0 Å². The molecule has 19 heavy (non-hydrogen) atoms. The van der Waals surface area contributed by atoms with E-state index in [0.29, 0.717) is 0 Å². The molecule has 0 aliphatic carbocycles. The highest BCUT2D eigenvalue weighted by Gasteiger charge is 2.49. The van der Waals surface area contributed by atoms with Crippen LogP contribution < -0.4 is 0 Å². The Labute approximate surface area is 116 Å². The number of benzene rings is 1. The predicted molar refractivity (Wildman–Crippen MR) is 78.2 cm³/mol. The van der Waals surface area contributed by atoms with Gasteiger partial charge >= 0.3 is 0 Å². The molecule has 2 rings (SSSR count). The Balaban J connectivity index is 2.34. The third-order valence-corrected chi connectivity index (χ3v) is 4.49. The summed E-state index contributed by atoms with van der Waals surface area (Å²) in [6, 6.07) is 6.15. The summed E-state index contributed by atoms with van der Waals surface area (Å²) < 4.78 is 6.10. The molecule has 2 unspecified atom stereocenters. The van der Waals surface area contributed by atoms with Gasteiger partial charge in [-0.15, -0.1) is 0 Å². The molecule has 1 N–H and O–H groups in total. The van der Waals surface area contributed by atoms with Crippen molar-refractivity contribution in [1.29, 1.82) is 0 Å². The van der Waals surface area contributed by atoms with E-state index in [0.717, 1.165) is 12.0 Å². The van der Waals surface area contributed by atoms with E-state index < -0.39 is 6.10 Å². The van der Waals surface area contributed by atoms with Crippen molar-refractivity contribution >= 4 is 0 Å². The molecule has 2 atom stereocenters. The number of aryl methyl sites for hydroxylation is 1. The highest BCUT2D eigenvalue weighted by Crippen LogP contribution is 2.48. The number of rotatable bonds is 2. The zero-order valence-corrected chi connectivity index (χ0v) is 12.9. The lowest BCUT2D eigenvalue weighted by Gasteiger charge is -2.31. The number of aliphatic hydroxyl groups excluding tert-OH is 1. The standard InChI is InChI=1S/C17H26O2/c1-11-8-7-9-13(12(11)2)15(18)14-10-16(3,4)19-17(14,5)6/h7-9,14-15,18H,10H2,1-6H3.